The van der Waals surface area contributed by atoms with E-state index >= 15 is 0 Å². The van der Waals surface area contributed by atoms with Crippen molar-refractivity contribution in [2.75, 3.05) is 5.73 Å². The largest absolute Gasteiger partial charge is 0.710 e. The molecule has 5 heteroatoms. The fourth-order valence-electron chi connectivity index (χ4n) is 1.14. The first-order chi connectivity index (χ1) is 6.18. The predicted octanol–water partition coefficient (Wildman–Crippen LogP) is 0.156. The summed E-state index contributed by atoms with van der Waals surface area (Å²) in [7, 11) is 0. The second kappa shape index (κ2) is 2.48. The van der Waals surface area contributed by atoms with Gasteiger partial charge in [-0.3, -0.25) is 0 Å². The van der Waals surface area contributed by atoms with Crippen LogP contribution in [0.2, 0.25) is 0 Å². The number of rotatable bonds is 0. The van der Waals surface area contributed by atoms with E-state index in [0.717, 1.165) is 6.33 Å². The quantitative estimate of drug-likeness (QED) is 0.259. The van der Waals surface area contributed by atoms with Crippen molar-refractivity contribution in [1.29, 1.82) is 0 Å². The molecule has 66 valence electrons. The van der Waals surface area contributed by atoms with E-state index in [4.69, 9.17) is 5.73 Å². The van der Waals surface area contributed by atoms with Gasteiger partial charge in [-0.25, -0.2) is 4.73 Å². The number of nitrogen functional groups attached to an aromatic ring is 1. The third kappa shape index (κ3) is 1.10. The average Bonchev–Trinajstić information content (AvgIpc) is 2.09. The van der Waals surface area contributed by atoms with E-state index in [9.17, 15) is 10.3 Å². The summed E-state index contributed by atoms with van der Waals surface area (Å²) in [6.45, 7) is 0. The molecule has 0 aliphatic heterocycles. The highest BCUT2D eigenvalue weighted by Gasteiger charge is 2.05. The minimum absolute atomic E-state index is 0.0942. The number of hydrogen-bond acceptors (Lipinski definition) is 4. The lowest BCUT2D eigenvalue weighted by Gasteiger charge is -2.05. The summed E-state index contributed by atoms with van der Waals surface area (Å²) in [6, 6.07) is 2.82. The van der Waals surface area contributed by atoms with Crippen LogP contribution in [-0.4, -0.2) is 10.1 Å². The van der Waals surface area contributed by atoms with Crippen molar-refractivity contribution >= 4 is 16.6 Å². The van der Waals surface area contributed by atoms with Gasteiger partial charge in [0.05, 0.1) is 11.1 Å². The normalized spacial score (nSPS) is 10.5. The van der Waals surface area contributed by atoms with Crippen LogP contribution in [0, 0.1) is 5.21 Å². The van der Waals surface area contributed by atoms with E-state index in [-0.39, 0.29) is 11.4 Å². The molecular weight excluding hydrogens is 170 g/mol. The Morgan fingerprint density at radius 2 is 2.23 bits per heavy atom. The SMILES string of the molecule is Nc1cc2cnc[n+]([O-])c2cc1O. The molecule has 1 aromatic heterocycles. The summed E-state index contributed by atoms with van der Waals surface area (Å²) in [5, 5.41) is 21.0. The summed E-state index contributed by atoms with van der Waals surface area (Å²) >= 11 is 0. The average molecular weight is 177 g/mol. The summed E-state index contributed by atoms with van der Waals surface area (Å²) in [5.41, 5.74) is 6.03. The van der Waals surface area contributed by atoms with Gasteiger partial charge in [0, 0.05) is 6.07 Å². The van der Waals surface area contributed by atoms with Gasteiger partial charge in [-0.1, -0.05) is 4.98 Å². The maximum Gasteiger partial charge on any atom is 0.289 e. The standard InChI is InChI=1S/C8H7N3O2/c9-6-1-5-3-10-4-11(13)7(5)2-8(6)12/h1-4,12H,9H2. The Morgan fingerprint density at radius 3 is 3.00 bits per heavy atom. The Balaban J connectivity index is 2.89. The van der Waals surface area contributed by atoms with E-state index in [2.05, 4.69) is 4.98 Å². The van der Waals surface area contributed by atoms with E-state index < -0.39 is 0 Å². The lowest BCUT2D eigenvalue weighted by Crippen LogP contribution is -2.26. The third-order valence-corrected chi connectivity index (χ3v) is 1.80. The highest BCUT2D eigenvalue weighted by atomic mass is 16.5. The minimum atomic E-state index is -0.0942. The molecule has 2 aromatic rings. The van der Waals surface area contributed by atoms with E-state index in [0.29, 0.717) is 15.6 Å². The number of fused-ring (bicyclic) bond motifs is 1. The van der Waals surface area contributed by atoms with Crippen molar-refractivity contribution in [3.8, 4) is 5.75 Å². The zero-order valence-electron chi connectivity index (χ0n) is 6.64. The van der Waals surface area contributed by atoms with Crippen LogP contribution in [0.15, 0.2) is 24.7 Å². The molecule has 3 N–H and O–H groups in total. The van der Waals surface area contributed by atoms with Crippen LogP contribution < -0.4 is 10.5 Å². The molecule has 0 fully saturated rings. The van der Waals surface area contributed by atoms with Gasteiger partial charge >= 0.3 is 0 Å². The van der Waals surface area contributed by atoms with E-state index in [1.165, 1.54) is 18.3 Å². The molecule has 0 amide bonds. The molecule has 0 saturated heterocycles. The van der Waals surface area contributed by atoms with Gasteiger partial charge in [0.25, 0.3) is 6.33 Å². The molecule has 13 heavy (non-hydrogen) atoms. The van der Waals surface area contributed by atoms with Gasteiger partial charge in [0.15, 0.2) is 6.20 Å². The molecule has 0 atom stereocenters. The number of aromatic nitrogens is 2. The Labute approximate surface area is 73.6 Å². The Bertz CT molecular complexity index is 470. The zero-order chi connectivity index (χ0) is 9.42. The highest BCUT2D eigenvalue weighted by molar-refractivity contribution is 5.81. The van der Waals surface area contributed by atoms with Crippen LogP contribution in [0.25, 0.3) is 10.9 Å². The topological polar surface area (TPSA) is 86.1 Å². The van der Waals surface area contributed by atoms with Crippen LogP contribution in [0.4, 0.5) is 5.69 Å². The molecule has 0 bridgehead atoms. The van der Waals surface area contributed by atoms with Crippen LogP contribution in [0.5, 0.6) is 5.75 Å². The van der Waals surface area contributed by atoms with Gasteiger partial charge < -0.3 is 16.0 Å². The number of benzene rings is 1. The van der Waals surface area contributed by atoms with Crippen molar-refractivity contribution < 1.29 is 9.84 Å². The number of hydrogen-bond donors (Lipinski definition) is 2. The van der Waals surface area contributed by atoms with Crippen molar-refractivity contribution in [3.05, 3.63) is 29.9 Å². The molecule has 1 aromatic carbocycles. The highest BCUT2D eigenvalue weighted by Crippen LogP contribution is 2.23. The number of phenolic OH excluding ortho intramolecular Hbond substituents is 1. The lowest BCUT2D eigenvalue weighted by atomic mass is 10.2. The molecule has 0 aliphatic carbocycles. The van der Waals surface area contributed by atoms with Crippen LogP contribution in [0.3, 0.4) is 0 Å². The summed E-state index contributed by atoms with van der Waals surface area (Å²) in [4.78, 5) is 3.70. The van der Waals surface area contributed by atoms with E-state index in [1.54, 1.807) is 0 Å². The summed E-state index contributed by atoms with van der Waals surface area (Å²) < 4.78 is 0.578. The first kappa shape index (κ1) is 7.60. The first-order valence-electron chi connectivity index (χ1n) is 3.64. The van der Waals surface area contributed by atoms with Crippen LogP contribution in [-0.2, 0) is 0 Å². The summed E-state index contributed by atoms with van der Waals surface area (Å²) in [6.07, 6.45) is 2.64. The number of phenols is 1. The number of nitrogens with two attached hydrogens (primary N) is 1. The molecule has 0 radical (unpaired) electrons. The molecule has 5 nitrogen and oxygen atoms in total. The molecule has 1 heterocycles. The lowest BCUT2D eigenvalue weighted by molar-refractivity contribution is -0.580. The number of aromatic hydroxyl groups is 1. The van der Waals surface area contributed by atoms with Crippen molar-refractivity contribution in [3.63, 3.8) is 0 Å². The molecule has 2 rings (SSSR count). The number of nitrogens with zero attached hydrogens (tertiary/aromatic N) is 2. The molecule has 0 spiro atoms. The first-order valence-corrected chi connectivity index (χ1v) is 3.64. The van der Waals surface area contributed by atoms with Crippen molar-refractivity contribution in [1.82, 2.24) is 4.98 Å². The molecule has 0 saturated carbocycles. The smallest absolute Gasteiger partial charge is 0.289 e. The second-order valence-electron chi connectivity index (χ2n) is 2.69. The molecular formula is C8H7N3O2. The Kier molecular flexibility index (Phi) is 1.45. The maximum atomic E-state index is 11.1. The third-order valence-electron chi connectivity index (χ3n) is 1.80. The van der Waals surface area contributed by atoms with Crippen LogP contribution in [0.1, 0.15) is 0 Å². The van der Waals surface area contributed by atoms with E-state index in [1.807, 2.05) is 0 Å². The van der Waals surface area contributed by atoms with Crippen LogP contribution >= 0.6 is 0 Å². The Morgan fingerprint density at radius 1 is 1.46 bits per heavy atom. The molecule has 0 unspecified atom stereocenters. The van der Waals surface area contributed by atoms with Gasteiger partial charge in [-0.05, 0) is 6.07 Å². The van der Waals surface area contributed by atoms with Crippen molar-refractivity contribution in [2.24, 2.45) is 0 Å². The van der Waals surface area contributed by atoms with Gasteiger partial charge in [0.1, 0.15) is 11.3 Å². The monoisotopic (exact) mass is 177 g/mol. The molecule has 0 aliphatic rings. The predicted molar refractivity (Wildman–Crippen MR) is 46.8 cm³/mol. The Hall–Kier alpha value is -2.04. The minimum Gasteiger partial charge on any atom is -0.710 e. The maximum absolute atomic E-state index is 11.1. The van der Waals surface area contributed by atoms with Gasteiger partial charge in [0.2, 0.25) is 0 Å². The van der Waals surface area contributed by atoms with Gasteiger partial charge in [-0.2, -0.15) is 0 Å². The van der Waals surface area contributed by atoms with Gasteiger partial charge in [-0.15, -0.1) is 0 Å². The van der Waals surface area contributed by atoms with Crippen molar-refractivity contribution in [2.45, 2.75) is 0 Å². The fraction of sp³-hybridized carbons (Fsp3) is 0. The second-order valence-corrected chi connectivity index (χ2v) is 2.69. The summed E-state index contributed by atoms with van der Waals surface area (Å²) in [5.74, 6) is -0.0942. The zero-order valence-corrected chi connectivity index (χ0v) is 6.64. The number of anilines is 1. The fourth-order valence-corrected chi connectivity index (χ4v) is 1.14.